The Kier molecular flexibility index (Phi) is 20.5. The van der Waals surface area contributed by atoms with Gasteiger partial charge >= 0.3 is 11.9 Å². The Morgan fingerprint density at radius 1 is 0.750 bits per heavy atom. The summed E-state index contributed by atoms with van der Waals surface area (Å²) in [6.07, 6.45) is 2.08. The number of nitrogen functional groups attached to an aromatic ring is 1. The molecule has 0 spiro atoms. The third-order valence-electron chi connectivity index (χ3n) is 7.31. The predicted molar refractivity (Wildman–Crippen MR) is 173 cm³/mol. The lowest BCUT2D eigenvalue weighted by Crippen LogP contribution is -2.45. The zero-order valence-corrected chi connectivity index (χ0v) is 27.4. The largest absolute Gasteiger partial charge is 0.481 e. The van der Waals surface area contributed by atoms with E-state index in [2.05, 4.69) is 16.0 Å². The molecule has 4 amide bonds. The Bertz CT molecular complexity index is 1210. The van der Waals surface area contributed by atoms with Crippen molar-refractivity contribution in [2.24, 2.45) is 11.7 Å². The first-order chi connectivity index (χ1) is 22.8. The lowest BCUT2D eigenvalue weighted by Gasteiger charge is -2.15. The third kappa shape index (κ3) is 18.5. The normalized spacial score (nSPS) is 12.7. The van der Waals surface area contributed by atoms with Crippen LogP contribution in [0.15, 0.2) is 24.3 Å². The number of ether oxygens (including phenoxy) is 2. The molecule has 0 aliphatic rings. The molecule has 0 heterocycles. The number of rotatable bonds is 27. The summed E-state index contributed by atoms with van der Waals surface area (Å²) in [7, 11) is 0. The van der Waals surface area contributed by atoms with Crippen LogP contribution in [0.4, 0.5) is 5.69 Å². The molecule has 16 heteroatoms. The maximum atomic E-state index is 12.2. The lowest BCUT2D eigenvalue weighted by molar-refractivity contribution is -0.144. The van der Waals surface area contributed by atoms with Crippen LogP contribution >= 0.6 is 0 Å². The second kappa shape index (κ2) is 23.7. The number of aliphatic carboxylic acids is 2. The summed E-state index contributed by atoms with van der Waals surface area (Å²) in [6, 6.07) is 4.36. The Morgan fingerprint density at radius 2 is 1.42 bits per heavy atom. The number of carbonyl (C=O) groups is 7. The van der Waals surface area contributed by atoms with Crippen molar-refractivity contribution in [2.45, 2.75) is 83.2 Å². The summed E-state index contributed by atoms with van der Waals surface area (Å²) in [5.74, 6) is -5.22. The fourth-order valence-electron chi connectivity index (χ4n) is 4.45. The molecule has 9 N–H and O–H groups in total. The molecule has 0 aromatic heterocycles. The van der Waals surface area contributed by atoms with Gasteiger partial charge in [-0.25, -0.2) is 4.79 Å². The van der Waals surface area contributed by atoms with Crippen LogP contribution in [-0.4, -0.2) is 96.6 Å². The number of Topliss-reactive ketones (excluding diaryl/α,β-unsaturated/α-hetero) is 1. The van der Waals surface area contributed by atoms with Gasteiger partial charge in [0.1, 0.15) is 24.5 Å². The summed E-state index contributed by atoms with van der Waals surface area (Å²) in [5, 5.41) is 26.1. The molecule has 0 fully saturated rings. The second-order valence-electron chi connectivity index (χ2n) is 11.2. The third-order valence-corrected chi connectivity index (χ3v) is 7.31. The van der Waals surface area contributed by atoms with Gasteiger partial charge in [-0.05, 0) is 69.2 Å². The van der Waals surface area contributed by atoms with E-state index in [0.717, 1.165) is 0 Å². The first-order valence-electron chi connectivity index (χ1n) is 16.0. The van der Waals surface area contributed by atoms with Gasteiger partial charge < -0.3 is 47.1 Å². The van der Waals surface area contributed by atoms with Crippen molar-refractivity contribution in [3.63, 3.8) is 0 Å². The van der Waals surface area contributed by atoms with Gasteiger partial charge in [0.25, 0.3) is 5.91 Å². The Morgan fingerprint density at radius 3 is 2.04 bits per heavy atom. The number of anilines is 1. The number of hydrogen-bond donors (Lipinski definition) is 7. The summed E-state index contributed by atoms with van der Waals surface area (Å²) >= 11 is 0. The number of carbonyl (C=O) groups excluding carboxylic acids is 5. The second-order valence-corrected chi connectivity index (χ2v) is 11.2. The zero-order chi connectivity index (χ0) is 35.9. The van der Waals surface area contributed by atoms with Crippen LogP contribution in [0.25, 0.3) is 0 Å². The molecule has 1 rings (SSSR count). The summed E-state index contributed by atoms with van der Waals surface area (Å²) in [5.41, 5.74) is 12.1. The molecule has 3 unspecified atom stereocenters. The SMILES string of the molecule is CCC(CCC(=O)NC(CCC(=O)CCCOCCOCC(=O)NC(CCCCNC(=O)c1ccc(N)cc1)C(N)=O)C(=O)O)C(=O)O. The van der Waals surface area contributed by atoms with Gasteiger partial charge in [-0.1, -0.05) is 6.92 Å². The molecule has 0 radical (unpaired) electrons. The van der Waals surface area contributed by atoms with Crippen molar-refractivity contribution in [3.05, 3.63) is 29.8 Å². The highest BCUT2D eigenvalue weighted by Gasteiger charge is 2.23. The Hall–Kier alpha value is -4.57. The van der Waals surface area contributed by atoms with Crippen molar-refractivity contribution in [1.82, 2.24) is 16.0 Å². The van der Waals surface area contributed by atoms with Crippen molar-refractivity contribution >= 4 is 47.0 Å². The quantitative estimate of drug-likeness (QED) is 0.0502. The lowest BCUT2D eigenvalue weighted by atomic mass is 10.00. The van der Waals surface area contributed by atoms with Gasteiger partial charge in [0, 0.05) is 43.7 Å². The highest BCUT2D eigenvalue weighted by molar-refractivity contribution is 5.94. The number of carboxylic acid groups (broad SMARTS) is 2. The number of nitrogens with one attached hydrogen (secondary N) is 3. The minimum absolute atomic E-state index is 0.0600. The molecule has 0 bridgehead atoms. The molecule has 1 aromatic rings. The van der Waals surface area contributed by atoms with E-state index in [1.807, 2.05) is 0 Å². The zero-order valence-electron chi connectivity index (χ0n) is 27.4. The molecule has 48 heavy (non-hydrogen) atoms. The monoisotopic (exact) mass is 679 g/mol. The predicted octanol–water partition coefficient (Wildman–Crippen LogP) is 0.762. The van der Waals surface area contributed by atoms with Gasteiger partial charge in [0.15, 0.2) is 0 Å². The van der Waals surface area contributed by atoms with Crippen LogP contribution in [0.2, 0.25) is 0 Å². The number of benzene rings is 1. The molecule has 268 valence electrons. The number of hydrogen-bond acceptors (Lipinski definition) is 10. The highest BCUT2D eigenvalue weighted by atomic mass is 16.5. The maximum absolute atomic E-state index is 12.2. The van der Waals surface area contributed by atoms with Crippen molar-refractivity contribution in [2.75, 3.05) is 38.7 Å². The van der Waals surface area contributed by atoms with Crippen molar-refractivity contribution in [1.29, 1.82) is 0 Å². The fraction of sp³-hybridized carbons (Fsp3) is 0.594. The first-order valence-corrected chi connectivity index (χ1v) is 16.0. The van der Waals surface area contributed by atoms with E-state index in [1.54, 1.807) is 31.2 Å². The molecular weight excluding hydrogens is 630 g/mol. The molecule has 0 aliphatic carbocycles. The van der Waals surface area contributed by atoms with E-state index < -0.39 is 47.7 Å². The standard InChI is InChI=1S/C32H49N5O11/c1-2-21(31(43)44)10-15-27(39)37-26(32(45)46)14-13-24(38)6-5-17-47-18-19-48-20-28(40)36-25(29(34)41)7-3-4-16-35-30(42)22-8-11-23(33)12-9-22/h8-9,11-12,21,25-26H,2-7,10,13-20,33H2,1H3,(H2,34,41)(H,35,42)(H,36,40)(H,37,39)(H,43,44)(H,45,46). The van der Waals surface area contributed by atoms with Gasteiger partial charge in [0.2, 0.25) is 17.7 Å². The van der Waals surface area contributed by atoms with E-state index in [0.29, 0.717) is 49.9 Å². The highest BCUT2D eigenvalue weighted by Crippen LogP contribution is 2.12. The summed E-state index contributed by atoms with van der Waals surface area (Å²) in [6.45, 7) is 2.21. The van der Waals surface area contributed by atoms with E-state index in [4.69, 9.17) is 26.0 Å². The molecule has 0 saturated heterocycles. The maximum Gasteiger partial charge on any atom is 0.326 e. The van der Waals surface area contributed by atoms with Gasteiger partial charge in [-0.15, -0.1) is 0 Å². The van der Waals surface area contributed by atoms with Gasteiger partial charge in [-0.3, -0.25) is 28.8 Å². The van der Waals surface area contributed by atoms with E-state index >= 15 is 0 Å². The van der Waals surface area contributed by atoms with Crippen molar-refractivity contribution in [3.8, 4) is 0 Å². The topological polar surface area (TPSA) is 267 Å². The summed E-state index contributed by atoms with van der Waals surface area (Å²) in [4.78, 5) is 82.8. The number of nitrogens with two attached hydrogens (primary N) is 2. The average molecular weight is 680 g/mol. The van der Waals surface area contributed by atoms with Crippen LogP contribution in [-0.2, 0) is 38.2 Å². The van der Waals surface area contributed by atoms with Crippen molar-refractivity contribution < 1.29 is 53.2 Å². The number of unbranched alkanes of at least 4 members (excludes halogenated alkanes) is 1. The van der Waals surface area contributed by atoms with E-state index in [9.17, 15) is 38.7 Å². The minimum Gasteiger partial charge on any atom is -0.481 e. The Balaban J connectivity index is 2.15. The molecule has 3 atom stereocenters. The van der Waals surface area contributed by atoms with Gasteiger partial charge in [0.05, 0.1) is 19.1 Å². The summed E-state index contributed by atoms with van der Waals surface area (Å²) < 4.78 is 10.6. The Labute approximate surface area is 279 Å². The molecular formula is C32H49N5O11. The molecule has 0 aliphatic heterocycles. The van der Waals surface area contributed by atoms with Crippen LogP contribution in [0.3, 0.4) is 0 Å². The van der Waals surface area contributed by atoms with E-state index in [1.165, 1.54) is 0 Å². The van der Waals surface area contributed by atoms with Crippen LogP contribution < -0.4 is 27.4 Å². The van der Waals surface area contributed by atoms with E-state index in [-0.39, 0.29) is 70.2 Å². The first kappa shape index (κ1) is 41.5. The average Bonchev–Trinajstić information content (AvgIpc) is 3.03. The number of amides is 4. The number of primary amides is 1. The minimum atomic E-state index is -1.28. The molecule has 16 nitrogen and oxygen atoms in total. The molecule has 1 aromatic carbocycles. The van der Waals surface area contributed by atoms with Crippen LogP contribution in [0.1, 0.15) is 81.5 Å². The van der Waals surface area contributed by atoms with Gasteiger partial charge in [-0.2, -0.15) is 0 Å². The van der Waals surface area contributed by atoms with Crippen LogP contribution in [0.5, 0.6) is 0 Å². The molecule has 0 saturated carbocycles. The van der Waals surface area contributed by atoms with Crippen LogP contribution in [0, 0.1) is 5.92 Å². The fourth-order valence-corrected chi connectivity index (χ4v) is 4.45. The number of ketones is 1. The number of carboxylic acids is 2. The smallest absolute Gasteiger partial charge is 0.326 e.